The van der Waals surface area contributed by atoms with E-state index in [2.05, 4.69) is 12.1 Å². The zero-order valence-corrected chi connectivity index (χ0v) is 17.5. The fourth-order valence-corrected chi connectivity index (χ4v) is 3.45. The first-order valence-electron chi connectivity index (χ1n) is 8.82. The fraction of sp³-hybridized carbons (Fsp3) is 0.130. The molecule has 0 N–H and O–H groups in total. The molecule has 146 valence electrons. The van der Waals surface area contributed by atoms with Crippen molar-refractivity contribution in [1.82, 2.24) is 4.90 Å². The number of benzene rings is 3. The maximum atomic E-state index is 12.0. The number of nitriles is 1. The molecule has 0 saturated carbocycles. The molecular weight excluding hydrogens is 407 g/mol. The molecule has 0 bridgehead atoms. The number of fused-ring (bicyclic) bond motifs is 1. The number of amides is 1. The van der Waals surface area contributed by atoms with Gasteiger partial charge in [0.05, 0.1) is 10.0 Å². The zero-order chi connectivity index (χ0) is 21.0. The van der Waals surface area contributed by atoms with E-state index in [0.29, 0.717) is 28.0 Å². The summed E-state index contributed by atoms with van der Waals surface area (Å²) in [6, 6.07) is 19.3. The lowest BCUT2D eigenvalue weighted by molar-refractivity contribution is -0.124. The van der Waals surface area contributed by atoms with Crippen LogP contribution in [0.4, 0.5) is 0 Å². The lowest BCUT2D eigenvalue weighted by atomic mass is 10.1. The molecule has 0 radical (unpaired) electrons. The highest BCUT2D eigenvalue weighted by atomic mass is 35.5. The Labute approximate surface area is 179 Å². The van der Waals surface area contributed by atoms with Gasteiger partial charge in [-0.15, -0.1) is 0 Å². The Kier molecular flexibility index (Phi) is 6.43. The van der Waals surface area contributed by atoms with Crippen molar-refractivity contribution < 1.29 is 9.53 Å². The topological polar surface area (TPSA) is 53.3 Å². The number of carbonyl (C=O) groups is 1. The van der Waals surface area contributed by atoms with Crippen LogP contribution in [0.5, 0.6) is 5.75 Å². The molecule has 1 amide bonds. The second-order valence-corrected chi connectivity index (χ2v) is 7.47. The molecule has 0 saturated heterocycles. The maximum Gasteiger partial charge on any atom is 0.264 e. The van der Waals surface area contributed by atoms with E-state index in [1.165, 1.54) is 11.0 Å². The molecule has 0 aliphatic rings. The number of rotatable bonds is 5. The van der Waals surface area contributed by atoms with Crippen LogP contribution in [0.2, 0.25) is 10.0 Å². The number of carbonyl (C=O) groups excluding carboxylic acids is 1. The maximum absolute atomic E-state index is 12.0. The van der Waals surface area contributed by atoms with Crippen LogP contribution in [0.1, 0.15) is 11.1 Å². The Morgan fingerprint density at radius 2 is 1.72 bits per heavy atom. The molecule has 6 heteroatoms. The molecule has 0 aliphatic carbocycles. The fourth-order valence-electron chi connectivity index (χ4n) is 2.83. The average Bonchev–Trinajstić information content (AvgIpc) is 2.70. The van der Waals surface area contributed by atoms with Crippen LogP contribution in [0.15, 0.2) is 60.2 Å². The number of likely N-dealkylation sites (N-methyl/N-ethyl adjacent to an activating group) is 1. The molecule has 3 aromatic rings. The summed E-state index contributed by atoms with van der Waals surface area (Å²) in [6.45, 7) is 0.308. The van der Waals surface area contributed by atoms with Crippen molar-refractivity contribution >= 4 is 46.0 Å². The van der Waals surface area contributed by atoms with Gasteiger partial charge in [-0.25, -0.2) is 0 Å². The van der Waals surface area contributed by atoms with E-state index in [9.17, 15) is 10.1 Å². The van der Waals surface area contributed by atoms with Crippen molar-refractivity contribution in [3.63, 3.8) is 0 Å². The SMILES string of the molecule is CN(C)C(=O)/C(C#N)=C\c1cc(Cl)c(OCc2ccc3ccccc3c2)c(Cl)c1. The van der Waals surface area contributed by atoms with Crippen molar-refractivity contribution in [3.8, 4) is 11.8 Å². The number of hydrogen-bond acceptors (Lipinski definition) is 3. The van der Waals surface area contributed by atoms with Crippen LogP contribution in [-0.2, 0) is 11.4 Å². The van der Waals surface area contributed by atoms with Gasteiger partial charge in [0.1, 0.15) is 18.2 Å². The van der Waals surface area contributed by atoms with Crippen LogP contribution in [-0.4, -0.2) is 24.9 Å². The van der Waals surface area contributed by atoms with Gasteiger partial charge in [-0.2, -0.15) is 5.26 Å². The lowest BCUT2D eigenvalue weighted by Crippen LogP contribution is -2.22. The number of ether oxygens (including phenoxy) is 1. The predicted octanol–water partition coefficient (Wildman–Crippen LogP) is 5.72. The van der Waals surface area contributed by atoms with Crippen molar-refractivity contribution in [2.45, 2.75) is 6.61 Å². The number of halogens is 2. The van der Waals surface area contributed by atoms with Gasteiger partial charge in [-0.05, 0) is 46.2 Å². The minimum atomic E-state index is -0.392. The number of nitrogens with zero attached hydrogens (tertiary/aromatic N) is 2. The third kappa shape index (κ3) is 4.89. The molecule has 0 aliphatic heterocycles. The van der Waals surface area contributed by atoms with E-state index in [0.717, 1.165) is 16.3 Å². The first kappa shape index (κ1) is 20.7. The second-order valence-electron chi connectivity index (χ2n) is 6.65. The van der Waals surface area contributed by atoms with Crippen LogP contribution in [0, 0.1) is 11.3 Å². The lowest BCUT2D eigenvalue weighted by Gasteiger charge is -2.12. The van der Waals surface area contributed by atoms with Gasteiger partial charge in [-0.1, -0.05) is 59.6 Å². The van der Waals surface area contributed by atoms with Crippen LogP contribution >= 0.6 is 23.2 Å². The molecule has 0 heterocycles. The van der Waals surface area contributed by atoms with Crippen LogP contribution in [0.3, 0.4) is 0 Å². The average molecular weight is 425 g/mol. The Bertz CT molecular complexity index is 1120. The van der Waals surface area contributed by atoms with Crippen molar-refractivity contribution in [1.29, 1.82) is 5.26 Å². The van der Waals surface area contributed by atoms with E-state index in [4.69, 9.17) is 27.9 Å². The van der Waals surface area contributed by atoms with Gasteiger partial charge >= 0.3 is 0 Å². The molecular formula is C23H18Cl2N2O2. The highest BCUT2D eigenvalue weighted by molar-refractivity contribution is 6.37. The molecule has 0 atom stereocenters. The summed E-state index contributed by atoms with van der Waals surface area (Å²) in [5.74, 6) is -0.0348. The van der Waals surface area contributed by atoms with E-state index in [-0.39, 0.29) is 5.57 Å². The largest absolute Gasteiger partial charge is 0.486 e. The van der Waals surface area contributed by atoms with E-state index in [1.54, 1.807) is 26.2 Å². The van der Waals surface area contributed by atoms with Gasteiger partial charge in [0.25, 0.3) is 5.91 Å². The van der Waals surface area contributed by atoms with Gasteiger partial charge < -0.3 is 9.64 Å². The van der Waals surface area contributed by atoms with Crippen molar-refractivity contribution in [3.05, 3.63) is 81.3 Å². The van der Waals surface area contributed by atoms with Gasteiger partial charge in [-0.3, -0.25) is 4.79 Å². The quantitative estimate of drug-likeness (QED) is 0.388. The van der Waals surface area contributed by atoms with Crippen molar-refractivity contribution in [2.24, 2.45) is 0 Å². The summed E-state index contributed by atoms with van der Waals surface area (Å²) >= 11 is 12.7. The summed E-state index contributed by atoms with van der Waals surface area (Å²) in [5, 5.41) is 12.1. The summed E-state index contributed by atoms with van der Waals surface area (Å²) < 4.78 is 5.85. The zero-order valence-electron chi connectivity index (χ0n) is 15.9. The molecule has 29 heavy (non-hydrogen) atoms. The van der Waals surface area contributed by atoms with Crippen LogP contribution < -0.4 is 4.74 Å². The molecule has 0 spiro atoms. The normalized spacial score (nSPS) is 11.2. The molecule has 0 fully saturated rings. The van der Waals surface area contributed by atoms with E-state index < -0.39 is 5.91 Å². The Hall–Kier alpha value is -3.00. The van der Waals surface area contributed by atoms with E-state index >= 15 is 0 Å². The second kappa shape index (κ2) is 9.00. The summed E-state index contributed by atoms with van der Waals surface area (Å²) in [4.78, 5) is 13.3. The molecule has 4 nitrogen and oxygen atoms in total. The highest BCUT2D eigenvalue weighted by Gasteiger charge is 2.14. The first-order valence-corrected chi connectivity index (χ1v) is 9.57. The standard InChI is InChI=1S/C23H18Cl2N2O2/c1-27(2)23(28)19(13-26)10-16-11-20(24)22(21(25)12-16)29-14-15-7-8-17-5-3-4-6-18(17)9-15/h3-12H,14H2,1-2H3/b19-10-. The monoisotopic (exact) mass is 424 g/mol. The minimum absolute atomic E-state index is 0.00744. The third-order valence-electron chi connectivity index (χ3n) is 4.29. The minimum Gasteiger partial charge on any atom is -0.486 e. The molecule has 3 aromatic carbocycles. The molecule has 3 rings (SSSR count). The smallest absolute Gasteiger partial charge is 0.264 e. The number of hydrogen-bond donors (Lipinski definition) is 0. The van der Waals surface area contributed by atoms with Gasteiger partial charge in [0, 0.05) is 14.1 Å². The Balaban J connectivity index is 1.82. The van der Waals surface area contributed by atoms with Crippen LogP contribution in [0.25, 0.3) is 16.8 Å². The van der Waals surface area contributed by atoms with Crippen molar-refractivity contribution in [2.75, 3.05) is 14.1 Å². The summed E-state index contributed by atoms with van der Waals surface area (Å²) in [5.41, 5.74) is 1.53. The first-order chi connectivity index (χ1) is 13.9. The Morgan fingerprint density at radius 1 is 1.07 bits per heavy atom. The molecule has 0 unspecified atom stereocenters. The Morgan fingerprint density at radius 3 is 2.34 bits per heavy atom. The predicted molar refractivity (Wildman–Crippen MR) is 117 cm³/mol. The van der Waals surface area contributed by atoms with Gasteiger partial charge in [0.2, 0.25) is 0 Å². The van der Waals surface area contributed by atoms with Gasteiger partial charge in [0.15, 0.2) is 5.75 Å². The summed E-state index contributed by atoms with van der Waals surface area (Å²) in [6.07, 6.45) is 1.45. The van der Waals surface area contributed by atoms with E-state index in [1.807, 2.05) is 36.4 Å². The summed E-state index contributed by atoms with van der Waals surface area (Å²) in [7, 11) is 3.16. The molecule has 0 aromatic heterocycles. The highest BCUT2D eigenvalue weighted by Crippen LogP contribution is 2.35. The third-order valence-corrected chi connectivity index (χ3v) is 4.85.